The predicted molar refractivity (Wildman–Crippen MR) is 130 cm³/mol. The van der Waals surface area contributed by atoms with Gasteiger partial charge >= 0.3 is 0 Å². The standard InChI is InChI=1S/C23H27N5OS2/c1-18-5-3-6-20-15-27(17-31(18)20)10-8-23-25-21(22-7-4-12-30-22)16-28(23)14-19(29)13-26(2)11-9-24/h3-7,12,15-17,19,29H,8,10-11,13-14H2,1-2H3/t19-,31?/m0/s1. The molecule has 4 heterocycles. The van der Waals surface area contributed by atoms with Crippen LogP contribution < -0.4 is 0 Å². The van der Waals surface area contributed by atoms with Crippen molar-refractivity contribution in [1.29, 1.82) is 5.26 Å². The Hall–Kier alpha value is -2.44. The second-order valence-corrected chi connectivity index (χ2v) is 10.7. The Kier molecular flexibility index (Phi) is 6.88. The van der Waals surface area contributed by atoms with Gasteiger partial charge < -0.3 is 14.6 Å². The number of nitriles is 1. The number of aliphatic hydroxyl groups excluding tert-OH is 1. The Balaban J connectivity index is 1.48. The summed E-state index contributed by atoms with van der Waals surface area (Å²) >= 11 is 1.67. The van der Waals surface area contributed by atoms with Crippen LogP contribution in [0.25, 0.3) is 10.6 Å². The van der Waals surface area contributed by atoms with E-state index in [1.165, 1.54) is 9.81 Å². The number of allylic oxidation sites excluding steroid dienone is 4. The van der Waals surface area contributed by atoms with Crippen molar-refractivity contribution >= 4 is 27.3 Å². The first-order valence-electron chi connectivity index (χ1n) is 10.3. The number of thiophene rings is 1. The molecule has 2 aliphatic heterocycles. The van der Waals surface area contributed by atoms with Crippen LogP contribution in [-0.4, -0.2) is 62.7 Å². The molecule has 2 aliphatic rings. The van der Waals surface area contributed by atoms with Gasteiger partial charge in [-0.2, -0.15) is 5.26 Å². The minimum Gasteiger partial charge on any atom is -0.390 e. The highest BCUT2D eigenvalue weighted by Gasteiger charge is 2.18. The van der Waals surface area contributed by atoms with Gasteiger partial charge in [0.25, 0.3) is 0 Å². The number of hydrogen-bond donors (Lipinski definition) is 1. The predicted octanol–water partition coefficient (Wildman–Crippen LogP) is 3.63. The maximum Gasteiger partial charge on any atom is 0.111 e. The van der Waals surface area contributed by atoms with Gasteiger partial charge in [0.1, 0.15) is 5.82 Å². The highest BCUT2D eigenvalue weighted by Crippen LogP contribution is 2.40. The van der Waals surface area contributed by atoms with E-state index in [0.29, 0.717) is 19.6 Å². The van der Waals surface area contributed by atoms with E-state index < -0.39 is 6.10 Å². The van der Waals surface area contributed by atoms with Crippen molar-refractivity contribution in [3.8, 4) is 16.6 Å². The first-order chi connectivity index (χ1) is 15.0. The Morgan fingerprint density at radius 1 is 1.42 bits per heavy atom. The van der Waals surface area contributed by atoms with E-state index in [4.69, 9.17) is 10.2 Å². The number of hydrogen-bond acceptors (Lipinski definition) is 6. The summed E-state index contributed by atoms with van der Waals surface area (Å²) in [5, 5.41) is 21.5. The molecule has 0 saturated carbocycles. The molecule has 0 spiro atoms. The topological polar surface area (TPSA) is 68.3 Å². The fourth-order valence-electron chi connectivity index (χ4n) is 3.72. The summed E-state index contributed by atoms with van der Waals surface area (Å²) in [6.45, 7) is 4.25. The van der Waals surface area contributed by atoms with E-state index >= 15 is 0 Å². The smallest absolute Gasteiger partial charge is 0.111 e. The van der Waals surface area contributed by atoms with Crippen LogP contribution in [0.1, 0.15) is 12.7 Å². The van der Waals surface area contributed by atoms with Gasteiger partial charge in [-0.3, -0.25) is 4.90 Å². The third-order valence-electron chi connectivity index (χ3n) is 5.22. The quantitative estimate of drug-likeness (QED) is 0.464. The molecule has 0 aliphatic carbocycles. The van der Waals surface area contributed by atoms with Gasteiger partial charge in [-0.05, 0) is 36.4 Å². The summed E-state index contributed by atoms with van der Waals surface area (Å²) < 4.78 is 2.07. The highest BCUT2D eigenvalue weighted by molar-refractivity contribution is 8.21. The van der Waals surface area contributed by atoms with E-state index in [1.54, 1.807) is 11.3 Å². The molecule has 2 aromatic rings. The normalized spacial score (nSPS) is 18.4. The molecule has 0 saturated heterocycles. The van der Waals surface area contributed by atoms with Crippen LogP contribution >= 0.6 is 21.8 Å². The Labute approximate surface area is 190 Å². The summed E-state index contributed by atoms with van der Waals surface area (Å²) in [5.41, 5.74) is 3.26. The molecule has 4 rings (SSSR count). The van der Waals surface area contributed by atoms with Gasteiger partial charge in [-0.15, -0.1) is 21.8 Å². The van der Waals surface area contributed by atoms with Crippen molar-refractivity contribution in [1.82, 2.24) is 19.4 Å². The van der Waals surface area contributed by atoms with Crippen LogP contribution in [0.4, 0.5) is 0 Å². The summed E-state index contributed by atoms with van der Waals surface area (Å²) in [6.07, 6.45) is 11.0. The van der Waals surface area contributed by atoms with Crippen LogP contribution in [0.5, 0.6) is 0 Å². The summed E-state index contributed by atoms with van der Waals surface area (Å²) in [5.74, 6) is 0.971. The van der Waals surface area contributed by atoms with Gasteiger partial charge in [0.15, 0.2) is 0 Å². The molecule has 162 valence electrons. The molecular formula is C23H27N5OS2. The number of imidazole rings is 1. The third-order valence-corrected chi connectivity index (χ3v) is 8.18. The van der Waals surface area contributed by atoms with Crippen LogP contribution in [-0.2, 0) is 13.0 Å². The van der Waals surface area contributed by atoms with Gasteiger partial charge in [0, 0.05) is 42.3 Å². The highest BCUT2D eigenvalue weighted by atomic mass is 32.2. The third kappa shape index (κ3) is 5.25. The lowest BCUT2D eigenvalue weighted by atomic mass is 10.3. The number of aromatic nitrogens is 2. The molecule has 2 atom stereocenters. The van der Waals surface area contributed by atoms with Crippen molar-refractivity contribution in [3.63, 3.8) is 0 Å². The van der Waals surface area contributed by atoms with Crippen LogP contribution in [0.3, 0.4) is 0 Å². The Bertz CT molecular complexity index is 1090. The van der Waals surface area contributed by atoms with Gasteiger partial charge in [0.2, 0.25) is 0 Å². The number of nitrogens with zero attached hydrogens (tertiary/aromatic N) is 5. The lowest BCUT2D eigenvalue weighted by molar-refractivity contribution is 0.114. The van der Waals surface area contributed by atoms with E-state index in [1.807, 2.05) is 24.2 Å². The minimum absolute atomic E-state index is 0.0786. The second-order valence-electron chi connectivity index (χ2n) is 7.78. The van der Waals surface area contributed by atoms with Crippen molar-refractivity contribution < 1.29 is 5.11 Å². The maximum absolute atomic E-state index is 10.6. The fourth-order valence-corrected chi connectivity index (χ4v) is 6.19. The van der Waals surface area contributed by atoms with E-state index in [-0.39, 0.29) is 10.5 Å². The van der Waals surface area contributed by atoms with Crippen LogP contribution in [0.15, 0.2) is 57.9 Å². The van der Waals surface area contributed by atoms with E-state index in [9.17, 15) is 5.11 Å². The maximum atomic E-state index is 10.6. The molecule has 0 fully saturated rings. The van der Waals surface area contributed by atoms with Crippen molar-refractivity contribution in [2.24, 2.45) is 0 Å². The molecular weight excluding hydrogens is 426 g/mol. The van der Waals surface area contributed by atoms with Crippen molar-refractivity contribution in [2.45, 2.75) is 26.0 Å². The van der Waals surface area contributed by atoms with Gasteiger partial charge in [-0.25, -0.2) is 4.98 Å². The molecule has 2 aromatic heterocycles. The fraction of sp³-hybridized carbons (Fsp3) is 0.348. The summed E-state index contributed by atoms with van der Waals surface area (Å²) in [4.78, 5) is 12.9. The van der Waals surface area contributed by atoms with Gasteiger partial charge in [0.05, 0.1) is 35.8 Å². The second kappa shape index (κ2) is 9.79. The number of fused-ring (bicyclic) bond motifs is 1. The molecule has 0 bridgehead atoms. The minimum atomic E-state index is -0.565. The molecule has 6 nitrogen and oxygen atoms in total. The number of aliphatic hydroxyl groups is 1. The average Bonchev–Trinajstić information content (AvgIpc) is 3.46. The number of likely N-dealkylation sites (N-methyl/N-ethyl adjacent to an activating group) is 1. The van der Waals surface area contributed by atoms with Gasteiger partial charge in [-0.1, -0.05) is 18.2 Å². The zero-order valence-electron chi connectivity index (χ0n) is 17.8. The average molecular weight is 454 g/mol. The van der Waals surface area contributed by atoms with Crippen LogP contribution in [0.2, 0.25) is 0 Å². The van der Waals surface area contributed by atoms with Crippen molar-refractivity contribution in [3.05, 3.63) is 63.8 Å². The lowest BCUT2D eigenvalue weighted by Crippen LogP contribution is -2.32. The Morgan fingerprint density at radius 3 is 3.03 bits per heavy atom. The molecule has 1 N–H and O–H groups in total. The molecule has 1 unspecified atom stereocenters. The molecule has 0 radical (unpaired) electrons. The first kappa shape index (κ1) is 21.8. The zero-order valence-corrected chi connectivity index (χ0v) is 19.4. The Morgan fingerprint density at radius 2 is 2.29 bits per heavy atom. The first-order valence-corrected chi connectivity index (χ1v) is 12.4. The lowest BCUT2D eigenvalue weighted by Gasteiger charge is -2.19. The molecule has 0 amide bonds. The summed E-state index contributed by atoms with van der Waals surface area (Å²) in [7, 11) is 1.93. The SMILES string of the molecule is CC1=CC=CC2=CN(CCc3nc(-c4cccs4)cn3C[C@@H](O)CN(C)CC#N)C=S12. The van der Waals surface area contributed by atoms with E-state index in [2.05, 4.69) is 63.8 Å². The summed E-state index contributed by atoms with van der Waals surface area (Å²) in [6, 6.07) is 6.22. The number of rotatable bonds is 9. The molecule has 0 aromatic carbocycles. The largest absolute Gasteiger partial charge is 0.390 e. The van der Waals surface area contributed by atoms with Crippen LogP contribution in [0, 0.1) is 11.3 Å². The molecule has 31 heavy (non-hydrogen) atoms. The van der Waals surface area contributed by atoms with Crippen molar-refractivity contribution in [2.75, 3.05) is 26.7 Å². The zero-order chi connectivity index (χ0) is 21.8. The monoisotopic (exact) mass is 453 g/mol. The molecule has 8 heteroatoms. The van der Waals surface area contributed by atoms with E-state index in [0.717, 1.165) is 29.4 Å².